The van der Waals surface area contributed by atoms with E-state index >= 15 is 0 Å². The molecule has 1 atom stereocenters. The van der Waals surface area contributed by atoms with Gasteiger partial charge in [0.25, 0.3) is 5.69 Å². The number of hydrogen-bond acceptors (Lipinski definition) is 5. The third kappa shape index (κ3) is 5.82. The molecular weight excluding hydrogens is 403 g/mol. The summed E-state index contributed by atoms with van der Waals surface area (Å²) in [5.41, 5.74) is 1.50. The number of rotatable bonds is 14. The second kappa shape index (κ2) is 10.2. The highest BCUT2D eigenvalue weighted by molar-refractivity contribution is 7.54. The Kier molecular flexibility index (Phi) is 7.91. The van der Waals surface area contributed by atoms with Gasteiger partial charge in [-0.25, -0.2) is 9.34 Å². The SMILES string of the molecule is CCCCCCCCN(C)c1cc(C(C)OP(=O)(N2CC2)N2CC2)ccc1[N+](=O)[O-]. The third-order valence-electron chi connectivity index (χ3n) is 5.78. The van der Waals surface area contributed by atoms with Gasteiger partial charge < -0.3 is 4.90 Å². The minimum absolute atomic E-state index is 0.0968. The van der Waals surface area contributed by atoms with Crippen LogP contribution in [0.5, 0.6) is 0 Å². The van der Waals surface area contributed by atoms with Gasteiger partial charge in [0.1, 0.15) is 5.69 Å². The van der Waals surface area contributed by atoms with Gasteiger partial charge in [-0.3, -0.25) is 19.2 Å². The molecule has 8 nitrogen and oxygen atoms in total. The lowest BCUT2D eigenvalue weighted by Gasteiger charge is -2.25. The summed E-state index contributed by atoms with van der Waals surface area (Å²) in [6, 6.07) is 5.09. The minimum atomic E-state index is -2.94. The molecule has 1 aromatic rings. The molecule has 1 unspecified atom stereocenters. The van der Waals surface area contributed by atoms with Gasteiger partial charge in [-0.2, -0.15) is 0 Å². The molecule has 0 amide bonds. The van der Waals surface area contributed by atoms with Gasteiger partial charge in [-0.1, -0.05) is 39.0 Å². The van der Waals surface area contributed by atoms with Gasteiger partial charge in [0.05, 0.1) is 11.0 Å². The smallest absolute Gasteiger partial charge is 0.346 e. The Balaban J connectivity index is 1.67. The maximum absolute atomic E-state index is 13.3. The molecule has 2 fully saturated rings. The normalized spacial score (nSPS) is 17.7. The number of hydrogen-bond donors (Lipinski definition) is 0. The summed E-state index contributed by atoms with van der Waals surface area (Å²) in [7, 11) is -1.04. The van der Waals surface area contributed by atoms with Crippen molar-refractivity contribution in [2.24, 2.45) is 0 Å². The van der Waals surface area contributed by atoms with Crippen molar-refractivity contribution in [1.82, 2.24) is 9.34 Å². The molecule has 0 bridgehead atoms. The molecule has 0 aromatic heterocycles. The Morgan fingerprint density at radius 2 is 1.73 bits per heavy atom. The van der Waals surface area contributed by atoms with Gasteiger partial charge in [-0.05, 0) is 31.0 Å². The van der Waals surface area contributed by atoms with Crippen molar-refractivity contribution in [2.45, 2.75) is 58.5 Å². The average molecular weight is 439 g/mol. The summed E-state index contributed by atoms with van der Waals surface area (Å²) in [6.45, 7) is 8.04. The minimum Gasteiger partial charge on any atom is -0.369 e. The van der Waals surface area contributed by atoms with E-state index in [-0.39, 0.29) is 10.6 Å². The molecule has 0 N–H and O–H groups in total. The van der Waals surface area contributed by atoms with Crippen LogP contribution in [-0.4, -0.2) is 54.0 Å². The monoisotopic (exact) mass is 438 g/mol. The summed E-state index contributed by atoms with van der Waals surface area (Å²) in [4.78, 5) is 13.2. The zero-order chi connectivity index (χ0) is 21.7. The number of nitrogens with zero attached hydrogens (tertiary/aromatic N) is 4. The lowest BCUT2D eigenvalue weighted by Crippen LogP contribution is -2.20. The van der Waals surface area contributed by atoms with Crippen LogP contribution in [-0.2, 0) is 9.09 Å². The van der Waals surface area contributed by atoms with E-state index in [1.165, 1.54) is 25.7 Å². The maximum Gasteiger partial charge on any atom is 0.346 e. The predicted octanol–water partition coefficient (Wildman–Crippen LogP) is 5.21. The molecule has 0 aliphatic carbocycles. The van der Waals surface area contributed by atoms with Crippen LogP contribution in [0, 0.1) is 10.1 Å². The molecular formula is C21H35N4O4P. The fourth-order valence-corrected chi connectivity index (χ4v) is 6.03. The summed E-state index contributed by atoms with van der Waals surface area (Å²) in [5, 5.41) is 11.6. The first-order valence-corrected chi connectivity index (χ1v) is 12.7. The summed E-state index contributed by atoms with van der Waals surface area (Å²) >= 11 is 0. The van der Waals surface area contributed by atoms with E-state index in [9.17, 15) is 14.7 Å². The molecule has 2 aliphatic rings. The van der Waals surface area contributed by atoms with Crippen molar-refractivity contribution in [3.63, 3.8) is 0 Å². The van der Waals surface area contributed by atoms with Crippen LogP contribution in [0.3, 0.4) is 0 Å². The van der Waals surface area contributed by atoms with E-state index in [0.717, 1.165) is 51.1 Å². The first-order valence-electron chi connectivity index (χ1n) is 11.2. The second-order valence-electron chi connectivity index (χ2n) is 8.34. The van der Waals surface area contributed by atoms with Crippen molar-refractivity contribution < 1.29 is 14.0 Å². The molecule has 3 rings (SSSR count). The van der Waals surface area contributed by atoms with Gasteiger partial charge in [-0.15, -0.1) is 0 Å². The van der Waals surface area contributed by atoms with Crippen LogP contribution in [0.4, 0.5) is 11.4 Å². The van der Waals surface area contributed by atoms with E-state index in [2.05, 4.69) is 6.92 Å². The first-order chi connectivity index (χ1) is 14.4. The van der Waals surface area contributed by atoms with E-state index in [1.54, 1.807) is 12.1 Å². The molecule has 0 spiro atoms. The molecule has 9 heteroatoms. The maximum atomic E-state index is 13.3. The zero-order valence-corrected chi connectivity index (χ0v) is 19.4. The largest absolute Gasteiger partial charge is 0.369 e. The van der Waals surface area contributed by atoms with E-state index in [4.69, 9.17) is 4.52 Å². The van der Waals surface area contributed by atoms with E-state index < -0.39 is 13.8 Å². The Hall–Kier alpha value is -1.47. The Labute approximate surface area is 179 Å². The van der Waals surface area contributed by atoms with E-state index in [1.807, 2.05) is 34.3 Å². The van der Waals surface area contributed by atoms with Crippen LogP contribution >= 0.6 is 7.67 Å². The highest BCUT2D eigenvalue weighted by Gasteiger charge is 2.50. The number of benzene rings is 1. The molecule has 30 heavy (non-hydrogen) atoms. The van der Waals surface area contributed by atoms with Crippen LogP contribution in [0.25, 0.3) is 0 Å². The quantitative estimate of drug-likeness (QED) is 0.130. The molecule has 0 saturated carbocycles. The predicted molar refractivity (Wildman–Crippen MR) is 120 cm³/mol. The Bertz CT molecular complexity index is 766. The topological polar surface area (TPSA) is 78.7 Å². The van der Waals surface area contributed by atoms with Gasteiger partial charge >= 0.3 is 7.67 Å². The fourth-order valence-electron chi connectivity index (χ4n) is 3.68. The summed E-state index contributed by atoms with van der Waals surface area (Å²) < 4.78 is 23.1. The highest BCUT2D eigenvalue weighted by atomic mass is 31.2. The zero-order valence-electron chi connectivity index (χ0n) is 18.5. The van der Waals surface area contributed by atoms with E-state index in [0.29, 0.717) is 5.69 Å². The van der Waals surface area contributed by atoms with Crippen molar-refractivity contribution in [3.05, 3.63) is 33.9 Å². The van der Waals surface area contributed by atoms with Gasteiger partial charge in [0.2, 0.25) is 0 Å². The first kappa shape index (κ1) is 23.2. The lowest BCUT2D eigenvalue weighted by molar-refractivity contribution is -0.384. The van der Waals surface area contributed by atoms with Crippen LogP contribution in [0.2, 0.25) is 0 Å². The standard InChI is InChI=1S/C21H35N4O4P/c1-4-5-6-7-8-9-12-22(3)21-17-19(10-11-20(21)25(26)27)18(2)29-30(28,23-13-14-23)24-15-16-24/h10-11,17-18H,4-9,12-16H2,1-3H3. The molecule has 1 aromatic carbocycles. The van der Waals surface area contributed by atoms with Crippen LogP contribution in [0.15, 0.2) is 18.2 Å². The van der Waals surface area contributed by atoms with Gasteiger partial charge in [0.15, 0.2) is 0 Å². The Morgan fingerprint density at radius 3 is 2.30 bits per heavy atom. The molecule has 168 valence electrons. The fraction of sp³-hybridized carbons (Fsp3) is 0.714. The molecule has 2 heterocycles. The average Bonchev–Trinajstić information content (AvgIpc) is 3.61. The summed E-state index contributed by atoms with van der Waals surface area (Å²) in [5.74, 6) is 0. The number of unbranched alkanes of at least 4 members (excludes halogenated alkanes) is 5. The molecule has 0 radical (unpaired) electrons. The van der Waals surface area contributed by atoms with Crippen molar-refractivity contribution in [2.75, 3.05) is 44.7 Å². The number of anilines is 1. The number of nitro benzene ring substituents is 1. The summed E-state index contributed by atoms with van der Waals surface area (Å²) in [6.07, 6.45) is 6.68. The number of nitro groups is 1. The van der Waals surface area contributed by atoms with Crippen LogP contribution < -0.4 is 4.90 Å². The van der Waals surface area contributed by atoms with Crippen LogP contribution in [0.1, 0.15) is 64.0 Å². The lowest BCUT2D eigenvalue weighted by atomic mass is 10.1. The van der Waals surface area contributed by atoms with Crippen molar-refractivity contribution >= 4 is 19.0 Å². The third-order valence-corrected chi connectivity index (χ3v) is 8.60. The molecule has 2 aliphatic heterocycles. The van der Waals surface area contributed by atoms with Crippen molar-refractivity contribution in [3.8, 4) is 0 Å². The second-order valence-corrected chi connectivity index (χ2v) is 10.7. The Morgan fingerprint density at radius 1 is 1.13 bits per heavy atom. The van der Waals surface area contributed by atoms with Crippen molar-refractivity contribution in [1.29, 1.82) is 0 Å². The highest BCUT2D eigenvalue weighted by Crippen LogP contribution is 2.63. The van der Waals surface area contributed by atoms with Gasteiger partial charge in [0, 0.05) is 45.8 Å². The molecule has 2 saturated heterocycles.